The molecule has 1 heterocycles. The molecule has 0 bridgehead atoms. The maximum absolute atomic E-state index is 11.8. The number of sulfonamides is 1. The molecule has 0 fully saturated rings. The molecule has 6 heteroatoms. The van der Waals surface area contributed by atoms with Crippen LogP contribution in [0.5, 0.6) is 0 Å². The van der Waals surface area contributed by atoms with Crippen LogP contribution in [0.1, 0.15) is 18.7 Å². The third-order valence-corrected chi connectivity index (χ3v) is 5.24. The van der Waals surface area contributed by atoms with Crippen LogP contribution in [-0.2, 0) is 16.4 Å². The van der Waals surface area contributed by atoms with Crippen molar-refractivity contribution in [2.45, 2.75) is 25.5 Å². The molecule has 0 aliphatic heterocycles. The Balaban J connectivity index is 2.33. The number of rotatable bonds is 8. The van der Waals surface area contributed by atoms with E-state index in [1.807, 2.05) is 24.4 Å². The van der Waals surface area contributed by atoms with Crippen LogP contribution in [0.3, 0.4) is 0 Å². The zero-order valence-corrected chi connectivity index (χ0v) is 11.9. The Kier molecular flexibility index (Phi) is 6.11. The van der Waals surface area contributed by atoms with E-state index in [1.165, 1.54) is 4.88 Å². The molecule has 0 aromatic carbocycles. The van der Waals surface area contributed by atoms with Gasteiger partial charge in [0.25, 0.3) is 0 Å². The lowest BCUT2D eigenvalue weighted by Gasteiger charge is -2.13. The minimum absolute atomic E-state index is 0.397. The van der Waals surface area contributed by atoms with Crippen LogP contribution >= 0.6 is 11.3 Å². The normalized spacial score (nSPS) is 13.8. The molecule has 1 atom stereocenters. The summed E-state index contributed by atoms with van der Waals surface area (Å²) in [5, 5.41) is 4.64. The van der Waals surface area contributed by atoms with Gasteiger partial charge in [0.2, 0.25) is 10.0 Å². The SMILES string of the molecule is CCNCC(C)S(=O)(=O)NCCc1cccs1. The highest BCUT2D eigenvalue weighted by Crippen LogP contribution is 2.08. The van der Waals surface area contributed by atoms with E-state index in [1.54, 1.807) is 18.3 Å². The van der Waals surface area contributed by atoms with Crippen molar-refractivity contribution < 1.29 is 8.42 Å². The van der Waals surface area contributed by atoms with Gasteiger partial charge in [0.1, 0.15) is 0 Å². The quantitative estimate of drug-likeness (QED) is 0.750. The summed E-state index contributed by atoms with van der Waals surface area (Å²) in [7, 11) is -3.19. The monoisotopic (exact) mass is 276 g/mol. The Bertz CT molecular complexity index is 401. The highest BCUT2D eigenvalue weighted by Gasteiger charge is 2.19. The Morgan fingerprint density at radius 2 is 2.24 bits per heavy atom. The Morgan fingerprint density at radius 3 is 2.82 bits per heavy atom. The molecular formula is C11H20N2O2S2. The van der Waals surface area contributed by atoms with E-state index in [4.69, 9.17) is 0 Å². The van der Waals surface area contributed by atoms with E-state index in [-0.39, 0.29) is 0 Å². The lowest BCUT2D eigenvalue weighted by molar-refractivity contribution is 0.560. The summed E-state index contributed by atoms with van der Waals surface area (Å²) >= 11 is 1.65. The van der Waals surface area contributed by atoms with Crippen LogP contribution in [0.15, 0.2) is 17.5 Å². The van der Waals surface area contributed by atoms with Crippen molar-refractivity contribution in [3.63, 3.8) is 0 Å². The van der Waals surface area contributed by atoms with Gasteiger partial charge in [-0.2, -0.15) is 0 Å². The van der Waals surface area contributed by atoms with Gasteiger partial charge in [0.05, 0.1) is 5.25 Å². The van der Waals surface area contributed by atoms with Gasteiger partial charge in [0.15, 0.2) is 0 Å². The summed E-state index contributed by atoms with van der Waals surface area (Å²) < 4.78 is 26.3. The molecule has 0 spiro atoms. The molecule has 4 nitrogen and oxygen atoms in total. The van der Waals surface area contributed by atoms with E-state index >= 15 is 0 Å². The van der Waals surface area contributed by atoms with Crippen LogP contribution in [-0.4, -0.2) is 33.3 Å². The number of nitrogens with one attached hydrogen (secondary N) is 2. The Hall–Kier alpha value is -0.430. The largest absolute Gasteiger partial charge is 0.316 e. The molecule has 2 N–H and O–H groups in total. The minimum Gasteiger partial charge on any atom is -0.316 e. The van der Waals surface area contributed by atoms with Crippen LogP contribution in [0.25, 0.3) is 0 Å². The van der Waals surface area contributed by atoms with Crippen LogP contribution in [0.2, 0.25) is 0 Å². The lowest BCUT2D eigenvalue weighted by Crippen LogP contribution is -2.39. The van der Waals surface area contributed by atoms with Crippen molar-refractivity contribution in [3.8, 4) is 0 Å². The van der Waals surface area contributed by atoms with E-state index in [0.29, 0.717) is 13.1 Å². The second kappa shape index (κ2) is 7.10. The molecule has 1 aromatic heterocycles. The summed E-state index contributed by atoms with van der Waals surface area (Å²) in [6, 6.07) is 3.99. The molecule has 0 saturated carbocycles. The third kappa shape index (κ3) is 5.16. The summed E-state index contributed by atoms with van der Waals surface area (Å²) in [6.45, 7) is 5.43. The van der Waals surface area contributed by atoms with Gasteiger partial charge in [-0.05, 0) is 31.3 Å². The summed E-state index contributed by atoms with van der Waals surface area (Å²) in [4.78, 5) is 1.20. The average molecular weight is 276 g/mol. The minimum atomic E-state index is -3.19. The Labute approximate surface area is 107 Å². The van der Waals surface area contributed by atoms with Crippen LogP contribution < -0.4 is 10.0 Å². The molecule has 1 rings (SSSR count). The van der Waals surface area contributed by atoms with Gasteiger partial charge in [-0.1, -0.05) is 13.0 Å². The maximum atomic E-state index is 11.8. The number of hydrogen-bond donors (Lipinski definition) is 2. The van der Waals surface area contributed by atoms with Crippen LogP contribution in [0.4, 0.5) is 0 Å². The number of hydrogen-bond acceptors (Lipinski definition) is 4. The number of thiophene rings is 1. The molecule has 0 saturated heterocycles. The highest BCUT2D eigenvalue weighted by atomic mass is 32.2. The lowest BCUT2D eigenvalue weighted by atomic mass is 10.3. The molecule has 17 heavy (non-hydrogen) atoms. The van der Waals surface area contributed by atoms with Crippen molar-refractivity contribution in [1.29, 1.82) is 0 Å². The molecule has 0 radical (unpaired) electrons. The summed E-state index contributed by atoms with van der Waals surface area (Å²) in [6.07, 6.45) is 0.755. The third-order valence-electron chi connectivity index (χ3n) is 2.47. The van der Waals surface area contributed by atoms with Crippen molar-refractivity contribution in [1.82, 2.24) is 10.0 Å². The summed E-state index contributed by atoms with van der Waals surface area (Å²) in [5.41, 5.74) is 0. The van der Waals surface area contributed by atoms with Gasteiger partial charge in [-0.25, -0.2) is 13.1 Å². The first-order valence-electron chi connectivity index (χ1n) is 5.78. The zero-order valence-electron chi connectivity index (χ0n) is 10.3. The van der Waals surface area contributed by atoms with Gasteiger partial charge >= 0.3 is 0 Å². The second-order valence-corrected chi connectivity index (χ2v) is 7.10. The molecular weight excluding hydrogens is 256 g/mol. The van der Waals surface area contributed by atoms with Gasteiger partial charge in [-0.15, -0.1) is 11.3 Å². The van der Waals surface area contributed by atoms with Crippen molar-refractivity contribution >= 4 is 21.4 Å². The van der Waals surface area contributed by atoms with Gasteiger partial charge < -0.3 is 5.32 Å². The fourth-order valence-corrected chi connectivity index (χ4v) is 3.09. The standard InChI is InChI=1S/C11H20N2O2S2/c1-3-12-9-10(2)17(14,15)13-7-6-11-5-4-8-16-11/h4-5,8,10,12-13H,3,6-7,9H2,1-2H3. The molecule has 0 aliphatic rings. The zero-order chi connectivity index (χ0) is 12.7. The first kappa shape index (κ1) is 14.6. The van der Waals surface area contributed by atoms with E-state index in [2.05, 4.69) is 10.0 Å². The fourth-order valence-electron chi connectivity index (χ4n) is 1.37. The van der Waals surface area contributed by atoms with E-state index in [0.717, 1.165) is 13.0 Å². The predicted octanol–water partition coefficient (Wildman–Crippen LogP) is 1.21. The average Bonchev–Trinajstić information content (AvgIpc) is 2.78. The van der Waals surface area contributed by atoms with Crippen molar-refractivity contribution in [3.05, 3.63) is 22.4 Å². The van der Waals surface area contributed by atoms with Crippen LogP contribution in [0, 0.1) is 0 Å². The maximum Gasteiger partial charge on any atom is 0.215 e. The predicted molar refractivity (Wildman–Crippen MR) is 73.0 cm³/mol. The van der Waals surface area contributed by atoms with E-state index in [9.17, 15) is 8.42 Å². The topological polar surface area (TPSA) is 58.2 Å². The Morgan fingerprint density at radius 1 is 1.47 bits per heavy atom. The fraction of sp³-hybridized carbons (Fsp3) is 0.636. The molecule has 1 unspecified atom stereocenters. The van der Waals surface area contributed by atoms with Gasteiger partial charge in [-0.3, -0.25) is 0 Å². The van der Waals surface area contributed by atoms with E-state index < -0.39 is 15.3 Å². The summed E-state index contributed by atoms with van der Waals surface area (Å²) in [5.74, 6) is 0. The molecule has 0 aliphatic carbocycles. The van der Waals surface area contributed by atoms with Crippen molar-refractivity contribution in [2.75, 3.05) is 19.6 Å². The van der Waals surface area contributed by atoms with Gasteiger partial charge in [0, 0.05) is 18.0 Å². The smallest absolute Gasteiger partial charge is 0.215 e. The molecule has 1 aromatic rings. The first-order chi connectivity index (χ1) is 8.06. The first-order valence-corrected chi connectivity index (χ1v) is 8.20. The van der Waals surface area contributed by atoms with Crippen molar-refractivity contribution in [2.24, 2.45) is 0 Å². The highest BCUT2D eigenvalue weighted by molar-refractivity contribution is 7.90. The molecule has 0 amide bonds. The second-order valence-electron chi connectivity index (χ2n) is 3.89. The molecule has 98 valence electrons.